The highest BCUT2D eigenvalue weighted by atomic mass is 15.3. The number of aryl methyl sites for hydroxylation is 2. The number of piperazine rings is 1. The van der Waals surface area contributed by atoms with Gasteiger partial charge in [0.1, 0.15) is 0 Å². The summed E-state index contributed by atoms with van der Waals surface area (Å²) < 4.78 is 1.98. The van der Waals surface area contributed by atoms with Crippen molar-refractivity contribution in [1.29, 1.82) is 0 Å². The molecule has 0 radical (unpaired) electrons. The van der Waals surface area contributed by atoms with Gasteiger partial charge in [0.15, 0.2) is 0 Å². The summed E-state index contributed by atoms with van der Waals surface area (Å²) >= 11 is 0. The average molecular weight is 276 g/mol. The lowest BCUT2D eigenvalue weighted by molar-refractivity contribution is 0.267. The molecule has 0 amide bonds. The molecule has 1 aromatic rings. The normalized spacial score (nSPS) is 25.6. The third-order valence-corrected chi connectivity index (χ3v) is 5.19. The highest BCUT2D eigenvalue weighted by Gasteiger charge is 2.41. The van der Waals surface area contributed by atoms with Crippen molar-refractivity contribution in [2.45, 2.75) is 64.0 Å². The zero-order valence-corrected chi connectivity index (χ0v) is 13.2. The molecule has 20 heavy (non-hydrogen) atoms. The number of nitrogens with one attached hydrogen (secondary N) is 1. The van der Waals surface area contributed by atoms with E-state index in [4.69, 9.17) is 0 Å². The maximum absolute atomic E-state index is 4.64. The van der Waals surface area contributed by atoms with Gasteiger partial charge in [-0.3, -0.25) is 4.68 Å². The van der Waals surface area contributed by atoms with E-state index >= 15 is 0 Å². The second-order valence-corrected chi connectivity index (χ2v) is 6.55. The van der Waals surface area contributed by atoms with Crippen molar-refractivity contribution in [2.75, 3.05) is 18.0 Å². The molecule has 1 aliphatic carbocycles. The fourth-order valence-corrected chi connectivity index (χ4v) is 4.00. The van der Waals surface area contributed by atoms with Gasteiger partial charge in [0.2, 0.25) is 0 Å². The van der Waals surface area contributed by atoms with E-state index in [0.717, 1.165) is 19.5 Å². The summed E-state index contributed by atoms with van der Waals surface area (Å²) in [6.45, 7) is 6.78. The highest BCUT2D eigenvalue weighted by molar-refractivity contribution is 5.52. The molecule has 1 saturated carbocycles. The van der Waals surface area contributed by atoms with Crippen LogP contribution in [0.4, 0.5) is 5.69 Å². The third-order valence-electron chi connectivity index (χ3n) is 5.19. The van der Waals surface area contributed by atoms with E-state index in [-0.39, 0.29) is 0 Å². The molecular weight excluding hydrogens is 248 g/mol. The summed E-state index contributed by atoms with van der Waals surface area (Å²) in [5, 5.41) is 8.51. The Morgan fingerprint density at radius 1 is 1.35 bits per heavy atom. The van der Waals surface area contributed by atoms with Gasteiger partial charge in [0.25, 0.3) is 0 Å². The fourth-order valence-electron chi connectivity index (χ4n) is 4.00. The Hall–Kier alpha value is -1.03. The standard InChI is InChI=1S/C16H28N4/c1-4-13-10-17-16(8-6-7-9-16)12-20(13)15-11-19(3)18-14(15)5-2/h11,13,17H,4-10,12H2,1-3H3. The third kappa shape index (κ3) is 2.34. The van der Waals surface area contributed by atoms with E-state index in [9.17, 15) is 0 Å². The van der Waals surface area contributed by atoms with E-state index in [1.165, 1.54) is 43.5 Å². The van der Waals surface area contributed by atoms with Gasteiger partial charge >= 0.3 is 0 Å². The van der Waals surface area contributed by atoms with Crippen molar-refractivity contribution < 1.29 is 0 Å². The summed E-state index contributed by atoms with van der Waals surface area (Å²) in [5.41, 5.74) is 2.99. The van der Waals surface area contributed by atoms with Crippen LogP contribution in [0.5, 0.6) is 0 Å². The fraction of sp³-hybridized carbons (Fsp3) is 0.812. The number of nitrogens with zero attached hydrogens (tertiary/aromatic N) is 3. The van der Waals surface area contributed by atoms with Crippen LogP contribution in [0.3, 0.4) is 0 Å². The molecule has 112 valence electrons. The largest absolute Gasteiger partial charge is 0.363 e. The van der Waals surface area contributed by atoms with Crippen molar-refractivity contribution in [2.24, 2.45) is 7.05 Å². The molecule has 2 fully saturated rings. The van der Waals surface area contributed by atoms with E-state index in [1.54, 1.807) is 0 Å². The van der Waals surface area contributed by atoms with Crippen molar-refractivity contribution in [1.82, 2.24) is 15.1 Å². The highest BCUT2D eigenvalue weighted by Crippen LogP contribution is 2.36. The predicted octanol–water partition coefficient (Wildman–Crippen LogP) is 2.48. The van der Waals surface area contributed by atoms with Gasteiger partial charge < -0.3 is 10.2 Å². The van der Waals surface area contributed by atoms with Gasteiger partial charge in [-0.05, 0) is 25.7 Å². The molecule has 0 bridgehead atoms. The molecule has 4 heteroatoms. The number of rotatable bonds is 3. The second kappa shape index (κ2) is 5.40. The number of hydrogen-bond acceptors (Lipinski definition) is 3. The monoisotopic (exact) mass is 276 g/mol. The topological polar surface area (TPSA) is 33.1 Å². The first kappa shape index (κ1) is 13.9. The van der Waals surface area contributed by atoms with Crippen LogP contribution in [0.25, 0.3) is 0 Å². The van der Waals surface area contributed by atoms with E-state index in [2.05, 4.69) is 35.4 Å². The molecule has 1 spiro atoms. The van der Waals surface area contributed by atoms with Crippen LogP contribution in [-0.4, -0.2) is 34.5 Å². The van der Waals surface area contributed by atoms with Crippen LogP contribution < -0.4 is 10.2 Å². The molecule has 1 aromatic heterocycles. The van der Waals surface area contributed by atoms with Crippen LogP contribution in [0.2, 0.25) is 0 Å². The quantitative estimate of drug-likeness (QED) is 0.921. The van der Waals surface area contributed by atoms with Crippen molar-refractivity contribution >= 4 is 5.69 Å². The van der Waals surface area contributed by atoms with Gasteiger partial charge in [-0.2, -0.15) is 5.10 Å². The van der Waals surface area contributed by atoms with Gasteiger partial charge in [-0.15, -0.1) is 0 Å². The van der Waals surface area contributed by atoms with E-state index in [1.807, 2.05) is 11.7 Å². The zero-order chi connectivity index (χ0) is 14.2. The Morgan fingerprint density at radius 2 is 2.10 bits per heavy atom. The number of hydrogen-bond donors (Lipinski definition) is 1. The van der Waals surface area contributed by atoms with Crippen molar-refractivity contribution in [3.05, 3.63) is 11.9 Å². The molecule has 1 N–H and O–H groups in total. The molecule has 0 aromatic carbocycles. The van der Waals surface area contributed by atoms with Crippen LogP contribution >= 0.6 is 0 Å². The Balaban J connectivity index is 1.90. The van der Waals surface area contributed by atoms with Crippen LogP contribution in [0, 0.1) is 0 Å². The van der Waals surface area contributed by atoms with Gasteiger partial charge in [-0.1, -0.05) is 26.7 Å². The summed E-state index contributed by atoms with van der Waals surface area (Å²) in [5.74, 6) is 0. The van der Waals surface area contributed by atoms with Gasteiger partial charge in [0.05, 0.1) is 11.4 Å². The lowest BCUT2D eigenvalue weighted by Gasteiger charge is -2.47. The van der Waals surface area contributed by atoms with Crippen molar-refractivity contribution in [3.8, 4) is 0 Å². The smallest absolute Gasteiger partial charge is 0.0855 e. The molecule has 3 rings (SSSR count). The van der Waals surface area contributed by atoms with Gasteiger partial charge in [-0.25, -0.2) is 0 Å². The molecule has 1 saturated heterocycles. The maximum atomic E-state index is 4.64. The SMILES string of the molecule is CCc1nn(C)cc1N1CC2(CCCC2)NCC1CC. The lowest BCUT2D eigenvalue weighted by atomic mass is 9.91. The second-order valence-electron chi connectivity index (χ2n) is 6.55. The van der Waals surface area contributed by atoms with Crippen LogP contribution in [-0.2, 0) is 13.5 Å². The Labute approximate surface area is 122 Å². The maximum Gasteiger partial charge on any atom is 0.0855 e. The Morgan fingerprint density at radius 3 is 2.75 bits per heavy atom. The zero-order valence-electron chi connectivity index (χ0n) is 13.2. The first-order valence-electron chi connectivity index (χ1n) is 8.21. The van der Waals surface area contributed by atoms with E-state index in [0.29, 0.717) is 11.6 Å². The number of anilines is 1. The molecule has 1 aliphatic heterocycles. The van der Waals surface area contributed by atoms with Crippen LogP contribution in [0.15, 0.2) is 6.20 Å². The van der Waals surface area contributed by atoms with E-state index < -0.39 is 0 Å². The minimum absolute atomic E-state index is 0.368. The summed E-state index contributed by atoms with van der Waals surface area (Å²) in [4.78, 5) is 2.65. The van der Waals surface area contributed by atoms with Gasteiger partial charge in [0, 0.05) is 37.9 Å². The molecular formula is C16H28N4. The Bertz CT molecular complexity index is 459. The molecule has 4 nitrogen and oxygen atoms in total. The Kier molecular flexibility index (Phi) is 3.76. The summed E-state index contributed by atoms with van der Waals surface area (Å²) in [7, 11) is 2.04. The molecule has 1 atom stereocenters. The average Bonchev–Trinajstić information content (AvgIpc) is 3.05. The summed E-state index contributed by atoms with van der Waals surface area (Å²) in [6, 6.07) is 0.607. The summed E-state index contributed by atoms with van der Waals surface area (Å²) in [6.07, 6.45) is 9.86. The molecule has 1 unspecified atom stereocenters. The number of aromatic nitrogens is 2. The van der Waals surface area contributed by atoms with Crippen LogP contribution in [0.1, 0.15) is 51.6 Å². The van der Waals surface area contributed by atoms with Crippen molar-refractivity contribution in [3.63, 3.8) is 0 Å². The minimum Gasteiger partial charge on any atom is -0.363 e. The first-order chi connectivity index (χ1) is 9.67. The molecule has 2 aliphatic rings. The lowest BCUT2D eigenvalue weighted by Crippen LogP contribution is -2.63. The molecule has 2 heterocycles. The first-order valence-corrected chi connectivity index (χ1v) is 8.21. The predicted molar refractivity (Wildman–Crippen MR) is 83.2 cm³/mol. The minimum atomic E-state index is 0.368.